The second-order valence-corrected chi connectivity index (χ2v) is 7.72. The maximum absolute atomic E-state index is 12.2. The highest BCUT2D eigenvalue weighted by Crippen LogP contribution is 2.11. The lowest BCUT2D eigenvalue weighted by Gasteiger charge is -2.24. The molecule has 120 valence electrons. The van der Waals surface area contributed by atoms with Crippen molar-refractivity contribution in [3.05, 3.63) is 30.3 Å². The number of hydrogen-bond acceptors (Lipinski definition) is 4. The number of hydrogen-bond donors (Lipinski definition) is 1. The Bertz CT molecular complexity index is 502. The van der Waals surface area contributed by atoms with Crippen molar-refractivity contribution >= 4 is 9.84 Å². The fourth-order valence-electron chi connectivity index (χ4n) is 2.13. The van der Waals surface area contributed by atoms with Crippen LogP contribution in [0.15, 0.2) is 35.2 Å². The van der Waals surface area contributed by atoms with Crippen LogP contribution in [0.3, 0.4) is 0 Å². The van der Waals surface area contributed by atoms with Crippen LogP contribution in [0.4, 0.5) is 0 Å². The third kappa shape index (κ3) is 6.16. The molecule has 0 spiro atoms. The highest BCUT2D eigenvalue weighted by molar-refractivity contribution is 7.91. The van der Waals surface area contributed by atoms with Crippen LogP contribution < -0.4 is 5.32 Å². The van der Waals surface area contributed by atoms with Crippen molar-refractivity contribution in [1.29, 1.82) is 0 Å². The van der Waals surface area contributed by atoms with Gasteiger partial charge in [-0.3, -0.25) is 0 Å². The van der Waals surface area contributed by atoms with Gasteiger partial charge in [-0.2, -0.15) is 0 Å². The molecule has 1 aromatic carbocycles. The van der Waals surface area contributed by atoms with Crippen LogP contribution in [0.5, 0.6) is 0 Å². The number of nitrogens with one attached hydrogen (secondary N) is 1. The van der Waals surface area contributed by atoms with E-state index in [-0.39, 0.29) is 11.8 Å². The van der Waals surface area contributed by atoms with E-state index < -0.39 is 9.84 Å². The van der Waals surface area contributed by atoms with E-state index in [1.54, 1.807) is 24.3 Å². The summed E-state index contributed by atoms with van der Waals surface area (Å²) in [5.74, 6) is 0.129. The average Bonchev–Trinajstić information content (AvgIpc) is 2.46. The Morgan fingerprint density at radius 2 is 1.81 bits per heavy atom. The molecule has 0 fully saturated rings. The number of rotatable bonds is 9. The van der Waals surface area contributed by atoms with Crippen LogP contribution in [0.2, 0.25) is 0 Å². The van der Waals surface area contributed by atoms with Gasteiger partial charge in [-0.15, -0.1) is 0 Å². The van der Waals surface area contributed by atoms with E-state index in [4.69, 9.17) is 0 Å². The molecule has 0 saturated carbocycles. The third-order valence-corrected chi connectivity index (χ3v) is 5.80. The predicted octanol–water partition coefficient (Wildman–Crippen LogP) is 2.17. The van der Waals surface area contributed by atoms with Gasteiger partial charge in [-0.1, -0.05) is 25.1 Å². The van der Waals surface area contributed by atoms with E-state index in [0.717, 1.165) is 19.5 Å². The third-order valence-electron chi connectivity index (χ3n) is 3.87. The maximum atomic E-state index is 12.2. The molecule has 1 rings (SSSR count). The van der Waals surface area contributed by atoms with Crippen molar-refractivity contribution in [2.75, 3.05) is 25.9 Å². The van der Waals surface area contributed by atoms with E-state index >= 15 is 0 Å². The highest BCUT2D eigenvalue weighted by Gasteiger charge is 2.18. The molecule has 0 aliphatic rings. The molecule has 1 aromatic rings. The smallest absolute Gasteiger partial charge is 0.179 e. The van der Waals surface area contributed by atoms with Crippen LogP contribution in [0, 0.1) is 0 Å². The van der Waals surface area contributed by atoms with Crippen molar-refractivity contribution in [3.8, 4) is 0 Å². The first-order valence-electron chi connectivity index (χ1n) is 7.58. The number of nitrogens with zero attached hydrogens (tertiary/aromatic N) is 1. The summed E-state index contributed by atoms with van der Waals surface area (Å²) in [7, 11) is -1.11. The van der Waals surface area contributed by atoms with Gasteiger partial charge in [0.1, 0.15) is 0 Å². The highest BCUT2D eigenvalue weighted by atomic mass is 32.2. The van der Waals surface area contributed by atoms with Gasteiger partial charge in [-0.05, 0) is 39.4 Å². The molecule has 21 heavy (non-hydrogen) atoms. The molecule has 1 N–H and O–H groups in total. The molecule has 0 unspecified atom stereocenters. The molecule has 2 atom stereocenters. The second kappa shape index (κ2) is 8.51. The first-order chi connectivity index (χ1) is 9.86. The summed E-state index contributed by atoms with van der Waals surface area (Å²) in [6.45, 7) is 8.01. The zero-order valence-corrected chi connectivity index (χ0v) is 14.4. The summed E-state index contributed by atoms with van der Waals surface area (Å²) in [6, 6.07) is 9.14. The summed E-state index contributed by atoms with van der Waals surface area (Å²) in [5.41, 5.74) is 0. The maximum Gasteiger partial charge on any atom is 0.179 e. The summed E-state index contributed by atoms with van der Waals surface area (Å²) >= 11 is 0. The number of sulfone groups is 1. The molecule has 0 aliphatic heterocycles. The Labute approximate surface area is 129 Å². The molecule has 4 nitrogen and oxygen atoms in total. The minimum atomic E-state index is -3.21. The first-order valence-corrected chi connectivity index (χ1v) is 9.23. The molecule has 0 heterocycles. The lowest BCUT2D eigenvalue weighted by atomic mass is 10.2. The predicted molar refractivity (Wildman–Crippen MR) is 88.3 cm³/mol. The molecule has 5 heteroatoms. The van der Waals surface area contributed by atoms with Crippen molar-refractivity contribution in [1.82, 2.24) is 10.2 Å². The molecular formula is C16H28N2O2S. The Kier molecular flexibility index (Phi) is 7.35. The van der Waals surface area contributed by atoms with Gasteiger partial charge < -0.3 is 10.2 Å². The SMILES string of the molecule is CC[C@H](C)N(C)CCN[C@H](C)CS(=O)(=O)c1ccccc1. The van der Waals surface area contributed by atoms with Gasteiger partial charge in [0, 0.05) is 25.2 Å². The molecule has 0 amide bonds. The summed E-state index contributed by atoms with van der Waals surface area (Å²) < 4.78 is 24.5. The van der Waals surface area contributed by atoms with E-state index in [1.165, 1.54) is 0 Å². The molecule has 0 bridgehead atoms. The van der Waals surface area contributed by atoms with E-state index in [2.05, 4.69) is 31.1 Å². The average molecular weight is 312 g/mol. The van der Waals surface area contributed by atoms with Crippen LogP contribution in [0.25, 0.3) is 0 Å². The Morgan fingerprint density at radius 1 is 1.19 bits per heavy atom. The van der Waals surface area contributed by atoms with Crippen LogP contribution in [-0.2, 0) is 9.84 Å². The minimum absolute atomic E-state index is 0.0551. The largest absolute Gasteiger partial charge is 0.312 e. The van der Waals surface area contributed by atoms with Crippen molar-refractivity contribution in [2.24, 2.45) is 0 Å². The lowest BCUT2D eigenvalue weighted by Crippen LogP contribution is -2.40. The van der Waals surface area contributed by atoms with Gasteiger partial charge in [0.25, 0.3) is 0 Å². The van der Waals surface area contributed by atoms with E-state index in [0.29, 0.717) is 10.9 Å². The van der Waals surface area contributed by atoms with Crippen molar-refractivity contribution in [2.45, 2.75) is 44.2 Å². The monoisotopic (exact) mass is 312 g/mol. The Hall–Kier alpha value is -0.910. The lowest BCUT2D eigenvalue weighted by molar-refractivity contribution is 0.250. The van der Waals surface area contributed by atoms with Gasteiger partial charge in [0.05, 0.1) is 10.6 Å². The minimum Gasteiger partial charge on any atom is -0.312 e. The standard InChI is InChI=1S/C16H28N2O2S/c1-5-15(3)18(4)12-11-17-14(2)13-21(19,20)16-9-7-6-8-10-16/h6-10,14-15,17H,5,11-13H2,1-4H3/t14-,15+/m1/s1. The zero-order valence-electron chi connectivity index (χ0n) is 13.5. The molecule has 0 aromatic heterocycles. The van der Waals surface area contributed by atoms with Gasteiger partial charge in [0.15, 0.2) is 9.84 Å². The Morgan fingerprint density at radius 3 is 2.38 bits per heavy atom. The fraction of sp³-hybridized carbons (Fsp3) is 0.625. The van der Waals surface area contributed by atoms with Gasteiger partial charge in [-0.25, -0.2) is 8.42 Å². The summed E-state index contributed by atoms with van der Waals surface area (Å²) in [6.07, 6.45) is 1.12. The van der Waals surface area contributed by atoms with Crippen molar-refractivity contribution < 1.29 is 8.42 Å². The van der Waals surface area contributed by atoms with E-state index in [1.807, 2.05) is 13.0 Å². The summed E-state index contributed by atoms with van der Waals surface area (Å²) in [4.78, 5) is 2.68. The van der Waals surface area contributed by atoms with E-state index in [9.17, 15) is 8.42 Å². The van der Waals surface area contributed by atoms with Crippen LogP contribution in [-0.4, -0.2) is 51.3 Å². The molecular weight excluding hydrogens is 284 g/mol. The van der Waals surface area contributed by atoms with Gasteiger partial charge >= 0.3 is 0 Å². The Balaban J connectivity index is 2.42. The molecule has 0 saturated heterocycles. The zero-order chi connectivity index (χ0) is 15.9. The molecule has 0 radical (unpaired) electrons. The normalized spacial score (nSPS) is 15.1. The quantitative estimate of drug-likeness (QED) is 0.759. The fourth-order valence-corrected chi connectivity index (χ4v) is 3.67. The van der Waals surface area contributed by atoms with Crippen molar-refractivity contribution in [3.63, 3.8) is 0 Å². The van der Waals surface area contributed by atoms with Gasteiger partial charge in [0.2, 0.25) is 0 Å². The number of benzene rings is 1. The second-order valence-electron chi connectivity index (χ2n) is 5.69. The van der Waals surface area contributed by atoms with Crippen LogP contribution >= 0.6 is 0 Å². The molecule has 0 aliphatic carbocycles. The first kappa shape index (κ1) is 18.1. The number of likely N-dealkylation sites (N-methyl/N-ethyl adjacent to an activating group) is 1. The summed E-state index contributed by atoms with van der Waals surface area (Å²) in [5, 5.41) is 3.30. The topological polar surface area (TPSA) is 49.4 Å². The van der Waals surface area contributed by atoms with Crippen LogP contribution in [0.1, 0.15) is 27.2 Å².